The van der Waals surface area contributed by atoms with E-state index in [4.69, 9.17) is 9.57 Å². The quantitative estimate of drug-likeness (QED) is 0.431. The van der Waals surface area contributed by atoms with Gasteiger partial charge in [0.25, 0.3) is 17.5 Å². The first-order valence-electron chi connectivity index (χ1n) is 8.93. The molecular weight excluding hydrogens is 368 g/mol. The summed E-state index contributed by atoms with van der Waals surface area (Å²) in [6.07, 6.45) is 3.90. The zero-order chi connectivity index (χ0) is 20.7. The van der Waals surface area contributed by atoms with Crippen molar-refractivity contribution in [2.45, 2.75) is 45.2 Å². The van der Waals surface area contributed by atoms with E-state index in [1.807, 2.05) is 13.8 Å². The number of likely N-dealkylation sites (tertiary alicyclic amines) is 1. The van der Waals surface area contributed by atoms with Gasteiger partial charge in [0.1, 0.15) is 12.0 Å². The molecule has 1 N–H and O–H groups in total. The molecule has 1 saturated heterocycles. The highest BCUT2D eigenvalue weighted by atomic mass is 16.6. The van der Waals surface area contributed by atoms with Crippen LogP contribution in [0.5, 0.6) is 5.75 Å². The van der Waals surface area contributed by atoms with Gasteiger partial charge in [-0.1, -0.05) is 5.16 Å². The monoisotopic (exact) mass is 392 g/mol. The number of nitrogens with one attached hydrogen (secondary N) is 1. The summed E-state index contributed by atoms with van der Waals surface area (Å²) in [6, 6.07) is 4.10. The summed E-state index contributed by atoms with van der Waals surface area (Å²) in [5.41, 5.74) is 0.0862. The van der Waals surface area contributed by atoms with Gasteiger partial charge in [-0.2, -0.15) is 0 Å². The van der Waals surface area contributed by atoms with Crippen LogP contribution in [0.25, 0.3) is 0 Å². The molecule has 1 aliphatic rings. The number of nitrogens with zero attached hydrogens (tertiary/aromatic N) is 3. The van der Waals surface area contributed by atoms with Crippen LogP contribution in [0.15, 0.2) is 23.4 Å². The lowest BCUT2D eigenvalue weighted by Crippen LogP contribution is -2.48. The smallest absolute Gasteiger partial charge is 0.273 e. The lowest BCUT2D eigenvalue weighted by atomic mass is 9.97. The summed E-state index contributed by atoms with van der Waals surface area (Å²) in [5, 5.41) is 16.8. The number of non-ortho nitro benzene ring substituents is 1. The fraction of sp³-hybridized carbons (Fsp3) is 0.500. The Hall–Kier alpha value is -3.17. The molecule has 152 valence electrons. The summed E-state index contributed by atoms with van der Waals surface area (Å²) < 4.78 is 5.04. The second kappa shape index (κ2) is 9.67. The Morgan fingerprint density at radius 3 is 2.64 bits per heavy atom. The van der Waals surface area contributed by atoms with Gasteiger partial charge >= 0.3 is 0 Å². The van der Waals surface area contributed by atoms with Gasteiger partial charge in [-0.3, -0.25) is 19.7 Å². The number of nitro benzene ring substituents is 1. The third-order valence-electron chi connectivity index (χ3n) is 4.57. The number of carbonyl (C=O) groups excluding carboxylic acids is 2. The van der Waals surface area contributed by atoms with E-state index >= 15 is 0 Å². The van der Waals surface area contributed by atoms with Crippen molar-refractivity contribution in [2.75, 3.05) is 19.0 Å². The number of nitro groups is 1. The highest BCUT2D eigenvalue weighted by molar-refractivity contribution is 6.31. The van der Waals surface area contributed by atoms with Crippen molar-refractivity contribution in [3.63, 3.8) is 0 Å². The second-order valence-corrected chi connectivity index (χ2v) is 6.57. The molecule has 0 aromatic heterocycles. The molecule has 0 aliphatic carbocycles. The summed E-state index contributed by atoms with van der Waals surface area (Å²) in [6.45, 7) is 3.75. The molecule has 1 heterocycles. The van der Waals surface area contributed by atoms with Crippen LogP contribution in [-0.4, -0.2) is 53.7 Å². The van der Waals surface area contributed by atoms with Gasteiger partial charge in [-0.25, -0.2) is 0 Å². The molecule has 1 aliphatic heterocycles. The molecule has 1 aromatic carbocycles. The van der Waals surface area contributed by atoms with E-state index in [1.165, 1.54) is 25.3 Å². The number of ether oxygens (including phenoxy) is 1. The second-order valence-electron chi connectivity index (χ2n) is 6.57. The molecular formula is C18H24N4O6. The Morgan fingerprint density at radius 1 is 1.36 bits per heavy atom. The number of piperidine rings is 1. The molecule has 2 rings (SSSR count). The molecule has 0 bridgehead atoms. The maximum absolute atomic E-state index is 12.3. The van der Waals surface area contributed by atoms with E-state index in [2.05, 4.69) is 10.5 Å². The molecule has 10 heteroatoms. The highest BCUT2D eigenvalue weighted by Crippen LogP contribution is 2.28. The van der Waals surface area contributed by atoms with Crippen molar-refractivity contribution < 1.29 is 24.1 Å². The Balaban J connectivity index is 1.87. The maximum atomic E-state index is 12.3. The first-order chi connectivity index (χ1) is 13.3. The van der Waals surface area contributed by atoms with Gasteiger partial charge in [-0.15, -0.1) is 0 Å². The topological polar surface area (TPSA) is 123 Å². The number of methoxy groups -OCH3 is 1. The molecule has 10 nitrogen and oxygen atoms in total. The van der Waals surface area contributed by atoms with Crippen molar-refractivity contribution in [1.82, 2.24) is 4.90 Å². The van der Waals surface area contributed by atoms with Gasteiger partial charge in [0.05, 0.1) is 23.8 Å². The zero-order valence-electron chi connectivity index (χ0n) is 16.1. The molecule has 0 spiro atoms. The first-order valence-corrected chi connectivity index (χ1v) is 8.93. The standard InChI is InChI=1S/C18H24N4O6/c1-12-5-4-6-13(2)21(12)18(24)11-28-19-10-17(23)20-15-8-7-14(22(25)26)9-16(15)27-3/h7-10,12-13H,4-6,11H2,1-3H3,(H,20,23)/b19-10-/t12-,13-/m1/s1. The summed E-state index contributed by atoms with van der Waals surface area (Å²) in [5.74, 6) is -0.659. The van der Waals surface area contributed by atoms with Crippen molar-refractivity contribution in [3.05, 3.63) is 28.3 Å². The van der Waals surface area contributed by atoms with Crippen LogP contribution in [0.4, 0.5) is 11.4 Å². The highest BCUT2D eigenvalue weighted by Gasteiger charge is 2.28. The van der Waals surface area contributed by atoms with E-state index in [0.717, 1.165) is 25.5 Å². The molecule has 0 radical (unpaired) electrons. The largest absolute Gasteiger partial charge is 0.494 e. The van der Waals surface area contributed by atoms with E-state index in [-0.39, 0.29) is 41.7 Å². The minimum atomic E-state index is -0.626. The number of anilines is 1. The van der Waals surface area contributed by atoms with Gasteiger partial charge in [0.15, 0.2) is 6.61 Å². The Labute approximate surface area is 162 Å². The summed E-state index contributed by atoms with van der Waals surface area (Å²) in [4.78, 5) is 41.2. The van der Waals surface area contributed by atoms with Crippen molar-refractivity contribution >= 4 is 29.4 Å². The van der Waals surface area contributed by atoms with Crippen LogP contribution in [0.3, 0.4) is 0 Å². The molecule has 0 unspecified atom stereocenters. The average molecular weight is 392 g/mol. The molecule has 0 saturated carbocycles. The predicted molar refractivity (Wildman–Crippen MR) is 102 cm³/mol. The van der Waals surface area contributed by atoms with Gasteiger partial charge < -0.3 is 19.8 Å². The SMILES string of the molecule is COc1cc([N+](=O)[O-])ccc1NC(=O)/C=N\OCC(=O)N1[C@H](C)CCC[C@H]1C. The predicted octanol–water partition coefficient (Wildman–Crippen LogP) is 2.33. The van der Waals surface area contributed by atoms with Crippen molar-refractivity contribution in [1.29, 1.82) is 0 Å². The Bertz CT molecular complexity index is 756. The molecule has 1 fully saturated rings. The summed E-state index contributed by atoms with van der Waals surface area (Å²) in [7, 11) is 1.33. The number of rotatable bonds is 7. The first kappa shape index (κ1) is 21.1. The normalized spacial score (nSPS) is 19.3. The number of carbonyl (C=O) groups is 2. The number of hydrogen-bond donors (Lipinski definition) is 1. The van der Waals surface area contributed by atoms with Crippen molar-refractivity contribution in [2.24, 2.45) is 5.16 Å². The fourth-order valence-electron chi connectivity index (χ4n) is 3.23. The van der Waals surface area contributed by atoms with Crippen LogP contribution in [-0.2, 0) is 14.4 Å². The number of amides is 2. The van der Waals surface area contributed by atoms with Crippen LogP contribution in [0, 0.1) is 10.1 Å². The minimum Gasteiger partial charge on any atom is -0.494 e. The lowest BCUT2D eigenvalue weighted by Gasteiger charge is -2.38. The average Bonchev–Trinajstić information content (AvgIpc) is 2.65. The number of hydrogen-bond acceptors (Lipinski definition) is 7. The van der Waals surface area contributed by atoms with E-state index in [0.29, 0.717) is 0 Å². The summed E-state index contributed by atoms with van der Waals surface area (Å²) >= 11 is 0. The van der Waals surface area contributed by atoms with Gasteiger partial charge in [0.2, 0.25) is 0 Å². The third-order valence-corrected chi connectivity index (χ3v) is 4.57. The molecule has 28 heavy (non-hydrogen) atoms. The fourth-order valence-corrected chi connectivity index (χ4v) is 3.23. The maximum Gasteiger partial charge on any atom is 0.273 e. The Kier molecular flexibility index (Phi) is 7.30. The van der Waals surface area contributed by atoms with Gasteiger partial charge in [-0.05, 0) is 39.2 Å². The molecule has 1 aromatic rings. The molecule has 2 atom stereocenters. The molecule has 2 amide bonds. The van der Waals surface area contributed by atoms with Crippen LogP contribution < -0.4 is 10.1 Å². The Morgan fingerprint density at radius 2 is 2.04 bits per heavy atom. The van der Waals surface area contributed by atoms with E-state index in [1.54, 1.807) is 4.90 Å². The van der Waals surface area contributed by atoms with E-state index < -0.39 is 10.8 Å². The third kappa shape index (κ3) is 5.41. The van der Waals surface area contributed by atoms with Gasteiger partial charge in [0, 0.05) is 18.2 Å². The number of oxime groups is 1. The van der Waals surface area contributed by atoms with Crippen LogP contribution in [0.1, 0.15) is 33.1 Å². The zero-order valence-corrected chi connectivity index (χ0v) is 16.1. The van der Waals surface area contributed by atoms with Crippen LogP contribution in [0.2, 0.25) is 0 Å². The lowest BCUT2D eigenvalue weighted by molar-refractivity contribution is -0.384. The van der Waals surface area contributed by atoms with E-state index in [9.17, 15) is 19.7 Å². The number of benzene rings is 1. The van der Waals surface area contributed by atoms with Crippen LogP contribution >= 0.6 is 0 Å². The minimum absolute atomic E-state index is 0.139. The van der Waals surface area contributed by atoms with Crippen molar-refractivity contribution in [3.8, 4) is 5.75 Å².